The summed E-state index contributed by atoms with van der Waals surface area (Å²) in [6.45, 7) is 6.67. The summed E-state index contributed by atoms with van der Waals surface area (Å²) in [6.07, 6.45) is 3.34. The lowest BCUT2D eigenvalue weighted by atomic mass is 9.98. The third kappa shape index (κ3) is 2.74. The largest absolute Gasteiger partial charge is 0.492 e. The van der Waals surface area contributed by atoms with Crippen LogP contribution in [0.2, 0.25) is 0 Å². The average Bonchev–Trinajstić information content (AvgIpc) is 3.28. The molecule has 1 saturated heterocycles. The number of quaternary nitrogens is 1. The molecule has 1 aliphatic rings. The molecule has 5 nitrogen and oxygen atoms in total. The summed E-state index contributed by atoms with van der Waals surface area (Å²) in [4.78, 5) is 9.20. The van der Waals surface area contributed by atoms with Crippen LogP contribution in [0, 0.1) is 5.92 Å². The van der Waals surface area contributed by atoms with Gasteiger partial charge in [-0.25, -0.2) is 4.98 Å². The molecular formula is C17H23N4OS2+. The third-order valence-electron chi connectivity index (χ3n) is 4.86. The molecule has 0 spiro atoms. The SMILES string of the molecule is CCc1nc2sc([C@@H](c3cccs3)[NH+]3CCC[C@H](C)C3)c(O)n2n1. The number of thiophene rings is 1. The predicted octanol–water partition coefficient (Wildman–Crippen LogP) is 2.52. The van der Waals surface area contributed by atoms with Crippen molar-refractivity contribution in [3.63, 3.8) is 0 Å². The highest BCUT2D eigenvalue weighted by molar-refractivity contribution is 7.17. The van der Waals surface area contributed by atoms with Crippen molar-refractivity contribution < 1.29 is 10.0 Å². The van der Waals surface area contributed by atoms with Crippen LogP contribution < -0.4 is 4.90 Å². The summed E-state index contributed by atoms with van der Waals surface area (Å²) in [5, 5.41) is 17.4. The maximum absolute atomic E-state index is 10.8. The van der Waals surface area contributed by atoms with Crippen molar-refractivity contribution in [1.29, 1.82) is 0 Å². The number of hydrogen-bond donors (Lipinski definition) is 2. The number of piperidine rings is 1. The first-order valence-electron chi connectivity index (χ1n) is 8.62. The van der Waals surface area contributed by atoms with E-state index in [0.29, 0.717) is 0 Å². The maximum atomic E-state index is 10.8. The molecule has 0 saturated carbocycles. The molecule has 0 aromatic carbocycles. The number of aryl methyl sites for hydroxylation is 1. The van der Waals surface area contributed by atoms with Gasteiger partial charge in [-0.05, 0) is 24.3 Å². The van der Waals surface area contributed by atoms with Crippen LogP contribution in [0.25, 0.3) is 4.96 Å². The molecule has 1 unspecified atom stereocenters. The van der Waals surface area contributed by atoms with Crippen LogP contribution in [0.15, 0.2) is 17.5 Å². The lowest BCUT2D eigenvalue weighted by Crippen LogP contribution is -3.13. The molecule has 128 valence electrons. The first-order valence-corrected chi connectivity index (χ1v) is 10.3. The zero-order valence-electron chi connectivity index (χ0n) is 14.0. The predicted molar refractivity (Wildman–Crippen MR) is 97.2 cm³/mol. The van der Waals surface area contributed by atoms with E-state index in [1.165, 1.54) is 17.7 Å². The van der Waals surface area contributed by atoms with Gasteiger partial charge in [-0.15, -0.1) is 16.4 Å². The van der Waals surface area contributed by atoms with Crippen LogP contribution in [0.1, 0.15) is 48.3 Å². The van der Waals surface area contributed by atoms with Crippen molar-refractivity contribution in [3.8, 4) is 5.88 Å². The minimum Gasteiger partial charge on any atom is -0.492 e. The molecule has 3 atom stereocenters. The van der Waals surface area contributed by atoms with E-state index in [1.807, 2.05) is 6.92 Å². The van der Waals surface area contributed by atoms with Gasteiger partial charge in [0.15, 0.2) is 11.9 Å². The van der Waals surface area contributed by atoms with Gasteiger partial charge in [-0.2, -0.15) is 4.52 Å². The maximum Gasteiger partial charge on any atom is 0.235 e. The van der Waals surface area contributed by atoms with Gasteiger partial charge < -0.3 is 10.0 Å². The van der Waals surface area contributed by atoms with Crippen molar-refractivity contribution in [2.24, 2.45) is 5.92 Å². The van der Waals surface area contributed by atoms with Crippen LogP contribution in [-0.4, -0.2) is 32.8 Å². The summed E-state index contributed by atoms with van der Waals surface area (Å²) in [6, 6.07) is 4.48. The Bertz CT molecular complexity index is 823. The number of hydrogen-bond acceptors (Lipinski definition) is 5. The summed E-state index contributed by atoms with van der Waals surface area (Å²) in [5.41, 5.74) is 0. The number of nitrogens with zero attached hydrogens (tertiary/aromatic N) is 3. The Morgan fingerprint density at radius 2 is 2.38 bits per heavy atom. The number of fused-ring (bicyclic) bond motifs is 1. The molecule has 2 N–H and O–H groups in total. The molecule has 0 aliphatic carbocycles. The zero-order valence-corrected chi connectivity index (χ0v) is 15.7. The second-order valence-electron chi connectivity index (χ2n) is 6.67. The molecule has 4 rings (SSSR count). The van der Waals surface area contributed by atoms with Gasteiger partial charge in [0.25, 0.3) is 0 Å². The van der Waals surface area contributed by atoms with E-state index in [1.54, 1.807) is 32.1 Å². The van der Waals surface area contributed by atoms with Crippen molar-refractivity contribution >= 4 is 27.6 Å². The van der Waals surface area contributed by atoms with Crippen LogP contribution in [0.3, 0.4) is 0 Å². The fourth-order valence-electron chi connectivity index (χ4n) is 3.69. The standard InChI is InChI=1S/C17H22N4OS2/c1-3-13-18-17-21(19-13)16(22)15(24-17)14(12-7-5-9-23-12)20-8-4-6-11(2)10-20/h5,7,9,11,14,22H,3-4,6,8,10H2,1-2H3/p+1/t11-,14+/m0/s1. The van der Waals surface area contributed by atoms with Gasteiger partial charge in [0.2, 0.25) is 10.8 Å². The molecule has 3 aromatic heterocycles. The fraction of sp³-hybridized carbons (Fsp3) is 0.529. The van der Waals surface area contributed by atoms with Crippen molar-refractivity contribution in [2.75, 3.05) is 13.1 Å². The minimum atomic E-state index is 0.186. The second-order valence-corrected chi connectivity index (χ2v) is 8.66. The van der Waals surface area contributed by atoms with Crippen molar-refractivity contribution in [2.45, 2.75) is 39.2 Å². The highest BCUT2D eigenvalue weighted by atomic mass is 32.1. The van der Waals surface area contributed by atoms with E-state index in [4.69, 9.17) is 0 Å². The van der Waals surface area contributed by atoms with E-state index < -0.39 is 0 Å². The van der Waals surface area contributed by atoms with Gasteiger partial charge in [-0.1, -0.05) is 31.3 Å². The smallest absolute Gasteiger partial charge is 0.235 e. The molecule has 1 fully saturated rings. The lowest BCUT2D eigenvalue weighted by Gasteiger charge is -2.33. The monoisotopic (exact) mass is 363 g/mol. The van der Waals surface area contributed by atoms with E-state index in [9.17, 15) is 5.11 Å². The Hall–Kier alpha value is -1.44. The van der Waals surface area contributed by atoms with Gasteiger partial charge in [0, 0.05) is 12.3 Å². The minimum absolute atomic E-state index is 0.186. The summed E-state index contributed by atoms with van der Waals surface area (Å²) >= 11 is 3.36. The van der Waals surface area contributed by atoms with Crippen molar-refractivity contribution in [1.82, 2.24) is 14.6 Å². The number of rotatable bonds is 4. The highest BCUT2D eigenvalue weighted by Crippen LogP contribution is 2.36. The van der Waals surface area contributed by atoms with Gasteiger partial charge in [0.05, 0.1) is 18.0 Å². The first-order chi connectivity index (χ1) is 11.7. The molecular weight excluding hydrogens is 340 g/mol. The topological polar surface area (TPSA) is 54.9 Å². The molecule has 4 heterocycles. The van der Waals surface area contributed by atoms with Crippen LogP contribution in [0.5, 0.6) is 5.88 Å². The Morgan fingerprint density at radius 3 is 3.04 bits per heavy atom. The van der Waals surface area contributed by atoms with Crippen LogP contribution >= 0.6 is 22.7 Å². The van der Waals surface area contributed by atoms with Crippen LogP contribution in [-0.2, 0) is 6.42 Å². The summed E-state index contributed by atoms with van der Waals surface area (Å²) in [7, 11) is 0. The number of thiazole rings is 1. The molecule has 1 aliphatic heterocycles. The molecule has 7 heteroatoms. The van der Waals surface area contributed by atoms with Crippen molar-refractivity contribution in [3.05, 3.63) is 33.1 Å². The summed E-state index contributed by atoms with van der Waals surface area (Å²) in [5.74, 6) is 1.79. The lowest BCUT2D eigenvalue weighted by molar-refractivity contribution is -0.933. The van der Waals surface area contributed by atoms with Gasteiger partial charge in [-0.3, -0.25) is 0 Å². The zero-order chi connectivity index (χ0) is 16.7. The molecule has 24 heavy (non-hydrogen) atoms. The molecule has 0 amide bonds. The molecule has 0 radical (unpaired) electrons. The van der Waals surface area contributed by atoms with E-state index in [2.05, 4.69) is 34.5 Å². The average molecular weight is 364 g/mol. The van der Waals surface area contributed by atoms with E-state index in [0.717, 1.165) is 41.1 Å². The molecule has 3 aromatic rings. The number of aromatic nitrogens is 3. The second kappa shape index (κ2) is 6.46. The third-order valence-corrected chi connectivity index (χ3v) is 6.89. The highest BCUT2D eigenvalue weighted by Gasteiger charge is 2.35. The van der Waals surface area contributed by atoms with E-state index >= 15 is 0 Å². The van der Waals surface area contributed by atoms with Gasteiger partial charge >= 0.3 is 0 Å². The normalized spacial score (nSPS) is 22.9. The van der Waals surface area contributed by atoms with Gasteiger partial charge in [0.1, 0.15) is 4.88 Å². The Labute approximate surface area is 149 Å². The Balaban J connectivity index is 1.78. The fourth-order valence-corrected chi connectivity index (χ4v) is 5.81. The number of nitrogens with one attached hydrogen (secondary N) is 1. The molecule has 0 bridgehead atoms. The number of aromatic hydroxyl groups is 1. The quantitative estimate of drug-likeness (QED) is 0.749. The Kier molecular flexibility index (Phi) is 4.32. The summed E-state index contributed by atoms with van der Waals surface area (Å²) < 4.78 is 1.62. The van der Waals surface area contributed by atoms with Crippen LogP contribution in [0.4, 0.5) is 0 Å². The Morgan fingerprint density at radius 1 is 1.50 bits per heavy atom. The number of likely N-dealkylation sites (tertiary alicyclic amines) is 1. The van der Waals surface area contributed by atoms with E-state index in [-0.39, 0.29) is 11.9 Å². The first kappa shape index (κ1) is 16.1.